The third kappa shape index (κ3) is 4.40. The second-order valence-electron chi connectivity index (χ2n) is 6.68. The van der Waals surface area contributed by atoms with E-state index in [0.29, 0.717) is 13.1 Å². The molecule has 0 aromatic heterocycles. The zero-order valence-corrected chi connectivity index (χ0v) is 15.0. The minimum Gasteiger partial charge on any atom is -0.447 e. The predicted octanol–water partition coefficient (Wildman–Crippen LogP) is 3.94. The molecule has 1 fully saturated rings. The van der Waals surface area contributed by atoms with Crippen LogP contribution in [0.25, 0.3) is 0 Å². The molecule has 4 nitrogen and oxygen atoms in total. The van der Waals surface area contributed by atoms with Crippen LogP contribution in [0.4, 0.5) is 4.79 Å². The first-order valence-corrected chi connectivity index (χ1v) is 8.94. The Labute approximate surface area is 150 Å². The lowest BCUT2D eigenvalue weighted by atomic mass is 9.96. The fourth-order valence-electron chi connectivity index (χ4n) is 3.32. The summed E-state index contributed by atoms with van der Waals surface area (Å²) < 4.78 is 5.32. The van der Waals surface area contributed by atoms with E-state index in [9.17, 15) is 4.79 Å². The van der Waals surface area contributed by atoms with Crippen molar-refractivity contribution >= 4 is 6.09 Å². The number of carbonyl (C=O) groups excluding carboxylic acids is 1. The van der Waals surface area contributed by atoms with Crippen LogP contribution in [0, 0.1) is 0 Å². The zero-order chi connectivity index (χ0) is 17.6. The highest BCUT2D eigenvalue weighted by Gasteiger charge is 2.28. The van der Waals surface area contributed by atoms with Crippen LogP contribution in [0.5, 0.6) is 0 Å². The summed E-state index contributed by atoms with van der Waals surface area (Å²) in [6.45, 7) is 6.83. The third-order valence-corrected chi connectivity index (χ3v) is 4.50. The molecule has 0 atom stereocenters. The van der Waals surface area contributed by atoms with Gasteiger partial charge >= 0.3 is 6.09 Å². The van der Waals surface area contributed by atoms with Crippen LogP contribution in [0.1, 0.15) is 31.0 Å². The highest BCUT2D eigenvalue weighted by molar-refractivity contribution is 5.67. The molecule has 2 aromatic carbocycles. The highest BCUT2D eigenvalue weighted by Crippen LogP contribution is 2.29. The first kappa shape index (κ1) is 17.5. The number of ether oxygens (including phenoxy) is 1. The van der Waals surface area contributed by atoms with Crippen molar-refractivity contribution in [1.82, 2.24) is 9.80 Å². The topological polar surface area (TPSA) is 32.8 Å². The van der Waals surface area contributed by atoms with Crippen molar-refractivity contribution in [3.63, 3.8) is 0 Å². The van der Waals surface area contributed by atoms with Crippen LogP contribution in [0.3, 0.4) is 0 Å². The zero-order valence-electron chi connectivity index (χ0n) is 15.0. The van der Waals surface area contributed by atoms with Gasteiger partial charge in [-0.15, -0.1) is 0 Å². The summed E-state index contributed by atoms with van der Waals surface area (Å²) >= 11 is 0. The molecule has 1 saturated heterocycles. The Morgan fingerprint density at radius 2 is 1.32 bits per heavy atom. The second kappa shape index (κ2) is 8.17. The first-order valence-electron chi connectivity index (χ1n) is 8.94. The van der Waals surface area contributed by atoms with Gasteiger partial charge in [-0.2, -0.15) is 0 Å². The molecule has 3 rings (SSSR count). The molecule has 1 heterocycles. The smallest absolute Gasteiger partial charge is 0.410 e. The summed E-state index contributed by atoms with van der Waals surface area (Å²) in [6, 6.07) is 21.4. The second-order valence-corrected chi connectivity index (χ2v) is 6.68. The van der Waals surface area contributed by atoms with E-state index in [1.807, 2.05) is 30.9 Å². The van der Waals surface area contributed by atoms with Crippen LogP contribution in [0.2, 0.25) is 0 Å². The van der Waals surface area contributed by atoms with Crippen LogP contribution in [0.15, 0.2) is 60.7 Å². The largest absolute Gasteiger partial charge is 0.447 e. The molecule has 0 spiro atoms. The normalized spacial score (nSPS) is 15.6. The van der Waals surface area contributed by atoms with Gasteiger partial charge < -0.3 is 9.64 Å². The van der Waals surface area contributed by atoms with Crippen molar-refractivity contribution in [3.8, 4) is 0 Å². The lowest BCUT2D eigenvalue weighted by Crippen LogP contribution is -2.50. The molecule has 4 heteroatoms. The van der Waals surface area contributed by atoms with E-state index in [4.69, 9.17) is 4.74 Å². The Hall–Kier alpha value is -2.33. The minimum atomic E-state index is -0.203. The standard InChI is InChI=1S/C21H26N2O2/c1-17(2)25-21(24)23-15-13-22(14-16-23)20(18-9-5-3-6-10-18)19-11-7-4-8-12-19/h3-12,17,20H,13-16H2,1-2H3. The van der Waals surface area contributed by atoms with Crippen molar-refractivity contribution in [3.05, 3.63) is 71.8 Å². The number of benzene rings is 2. The number of carbonyl (C=O) groups is 1. The molecule has 1 aliphatic rings. The lowest BCUT2D eigenvalue weighted by molar-refractivity contribution is 0.0516. The summed E-state index contributed by atoms with van der Waals surface area (Å²) in [5.41, 5.74) is 2.57. The molecule has 0 radical (unpaired) electrons. The molecule has 0 saturated carbocycles. The average Bonchev–Trinajstić information content (AvgIpc) is 2.64. The Balaban J connectivity index is 1.75. The molecular weight excluding hydrogens is 312 g/mol. The number of nitrogens with zero attached hydrogens (tertiary/aromatic N) is 2. The number of rotatable bonds is 4. The van der Waals surface area contributed by atoms with Crippen LogP contribution < -0.4 is 0 Å². The maximum atomic E-state index is 12.1. The van der Waals surface area contributed by atoms with Crippen molar-refractivity contribution in [2.45, 2.75) is 26.0 Å². The Morgan fingerprint density at radius 3 is 1.76 bits per heavy atom. The maximum Gasteiger partial charge on any atom is 0.410 e. The van der Waals surface area contributed by atoms with Gasteiger partial charge in [0.1, 0.15) is 0 Å². The van der Waals surface area contributed by atoms with E-state index >= 15 is 0 Å². The van der Waals surface area contributed by atoms with Gasteiger partial charge in [0.25, 0.3) is 0 Å². The molecule has 0 N–H and O–H groups in total. The van der Waals surface area contributed by atoms with Gasteiger partial charge in [-0.25, -0.2) is 4.79 Å². The van der Waals surface area contributed by atoms with E-state index in [1.165, 1.54) is 11.1 Å². The Bertz CT molecular complexity index is 625. The van der Waals surface area contributed by atoms with Gasteiger partial charge in [0.15, 0.2) is 0 Å². The minimum absolute atomic E-state index is 0.0769. The summed E-state index contributed by atoms with van der Waals surface area (Å²) in [4.78, 5) is 16.4. The van der Waals surface area contributed by atoms with Crippen LogP contribution in [-0.2, 0) is 4.74 Å². The molecule has 0 unspecified atom stereocenters. The molecule has 0 bridgehead atoms. The van der Waals surface area contributed by atoms with Crippen molar-refractivity contribution in [1.29, 1.82) is 0 Å². The monoisotopic (exact) mass is 338 g/mol. The number of hydrogen-bond acceptors (Lipinski definition) is 3. The van der Waals surface area contributed by atoms with Gasteiger partial charge in [-0.3, -0.25) is 4.90 Å². The van der Waals surface area contributed by atoms with Crippen molar-refractivity contribution in [2.75, 3.05) is 26.2 Å². The fraction of sp³-hybridized carbons (Fsp3) is 0.381. The summed E-state index contributed by atoms with van der Waals surface area (Å²) in [6.07, 6.45) is -0.280. The molecule has 25 heavy (non-hydrogen) atoms. The van der Waals surface area contributed by atoms with E-state index < -0.39 is 0 Å². The number of amides is 1. The quantitative estimate of drug-likeness (QED) is 0.846. The predicted molar refractivity (Wildman–Crippen MR) is 99.5 cm³/mol. The van der Waals surface area contributed by atoms with Gasteiger partial charge in [-0.05, 0) is 25.0 Å². The third-order valence-electron chi connectivity index (χ3n) is 4.50. The summed E-state index contributed by atoms with van der Waals surface area (Å²) in [5.74, 6) is 0. The van der Waals surface area contributed by atoms with Gasteiger partial charge in [0, 0.05) is 26.2 Å². The molecular formula is C21H26N2O2. The lowest BCUT2D eigenvalue weighted by Gasteiger charge is -2.39. The summed E-state index contributed by atoms with van der Waals surface area (Å²) in [7, 11) is 0. The SMILES string of the molecule is CC(C)OC(=O)N1CCN(C(c2ccccc2)c2ccccc2)CC1. The first-order chi connectivity index (χ1) is 12.1. The van der Waals surface area contributed by atoms with E-state index in [2.05, 4.69) is 53.4 Å². The average molecular weight is 338 g/mol. The summed E-state index contributed by atoms with van der Waals surface area (Å²) in [5, 5.41) is 0. The molecule has 132 valence electrons. The number of hydrogen-bond donors (Lipinski definition) is 0. The highest BCUT2D eigenvalue weighted by atomic mass is 16.6. The fourth-order valence-corrected chi connectivity index (χ4v) is 3.32. The van der Waals surface area contributed by atoms with E-state index in [-0.39, 0.29) is 18.2 Å². The van der Waals surface area contributed by atoms with Crippen molar-refractivity contribution < 1.29 is 9.53 Å². The van der Waals surface area contributed by atoms with Gasteiger partial charge in [-0.1, -0.05) is 60.7 Å². The number of piperazine rings is 1. The maximum absolute atomic E-state index is 12.1. The van der Waals surface area contributed by atoms with Gasteiger partial charge in [0.2, 0.25) is 0 Å². The van der Waals surface area contributed by atoms with E-state index in [0.717, 1.165) is 13.1 Å². The van der Waals surface area contributed by atoms with E-state index in [1.54, 1.807) is 0 Å². The van der Waals surface area contributed by atoms with Crippen LogP contribution >= 0.6 is 0 Å². The van der Waals surface area contributed by atoms with Crippen LogP contribution in [-0.4, -0.2) is 48.2 Å². The Morgan fingerprint density at radius 1 is 0.840 bits per heavy atom. The molecule has 2 aromatic rings. The molecule has 1 amide bonds. The Kier molecular flexibility index (Phi) is 5.71. The van der Waals surface area contributed by atoms with Gasteiger partial charge in [0.05, 0.1) is 12.1 Å². The molecule has 1 aliphatic heterocycles. The molecule has 0 aliphatic carbocycles. The van der Waals surface area contributed by atoms with Crippen molar-refractivity contribution in [2.24, 2.45) is 0 Å².